The van der Waals surface area contributed by atoms with Crippen LogP contribution in [0.1, 0.15) is 33.6 Å². The third-order valence-electron chi connectivity index (χ3n) is 4.87. The van der Waals surface area contributed by atoms with E-state index in [1.165, 1.54) is 12.1 Å². The van der Waals surface area contributed by atoms with Crippen LogP contribution >= 0.6 is 0 Å². The van der Waals surface area contributed by atoms with Crippen LogP contribution in [-0.2, 0) is 13.1 Å². The quantitative estimate of drug-likeness (QED) is 0.760. The third-order valence-corrected chi connectivity index (χ3v) is 4.87. The molecule has 0 aliphatic rings. The molecule has 0 aliphatic heterocycles. The highest BCUT2D eigenvalue weighted by atomic mass is 19.1. The van der Waals surface area contributed by atoms with Gasteiger partial charge >= 0.3 is 0 Å². The predicted molar refractivity (Wildman–Crippen MR) is 102 cm³/mol. The Morgan fingerprint density at radius 3 is 2.19 bits per heavy atom. The topological polar surface area (TPSA) is 78.5 Å². The van der Waals surface area contributed by atoms with Gasteiger partial charge in [-0.2, -0.15) is 10.5 Å². The Kier molecular flexibility index (Phi) is 5.07. The summed E-state index contributed by atoms with van der Waals surface area (Å²) in [5.74, 6) is -0.582. The summed E-state index contributed by atoms with van der Waals surface area (Å²) in [6.45, 7) is 4.92. The summed E-state index contributed by atoms with van der Waals surface area (Å²) in [6, 6.07) is 16.6. The Morgan fingerprint density at radius 1 is 0.963 bits per heavy atom. The average molecular weight is 358 g/mol. The van der Waals surface area contributed by atoms with E-state index in [0.29, 0.717) is 29.8 Å². The first-order valence-corrected chi connectivity index (χ1v) is 8.57. The zero-order chi connectivity index (χ0) is 19.6. The molecule has 5 heteroatoms. The second-order valence-electron chi connectivity index (χ2n) is 6.45. The maximum Gasteiger partial charge on any atom is 0.141 e. The zero-order valence-electron chi connectivity index (χ0n) is 15.3. The molecule has 0 atom stereocenters. The van der Waals surface area contributed by atoms with Gasteiger partial charge in [0.15, 0.2) is 0 Å². The molecule has 27 heavy (non-hydrogen) atoms. The Labute approximate surface area is 157 Å². The number of hydrogen-bond acceptors (Lipinski definition) is 3. The molecule has 0 saturated heterocycles. The van der Waals surface area contributed by atoms with E-state index in [2.05, 4.69) is 10.6 Å². The lowest BCUT2D eigenvalue weighted by Crippen LogP contribution is -2.05. The molecule has 2 aromatic carbocycles. The van der Waals surface area contributed by atoms with Gasteiger partial charge in [0, 0.05) is 30.0 Å². The highest BCUT2D eigenvalue weighted by molar-refractivity contribution is 5.75. The molecule has 3 aromatic rings. The molecule has 0 radical (unpaired) electrons. The Balaban J connectivity index is 2.09. The fourth-order valence-electron chi connectivity index (χ4n) is 3.34. The number of benzene rings is 2. The molecule has 0 amide bonds. The summed E-state index contributed by atoms with van der Waals surface area (Å²) in [7, 11) is 0. The van der Waals surface area contributed by atoms with Gasteiger partial charge in [-0.3, -0.25) is 0 Å². The molecule has 3 rings (SSSR count). The van der Waals surface area contributed by atoms with Crippen LogP contribution in [0.2, 0.25) is 0 Å². The van der Waals surface area contributed by atoms with Crippen molar-refractivity contribution in [2.45, 2.75) is 26.9 Å². The minimum atomic E-state index is -0.582. The van der Waals surface area contributed by atoms with Crippen LogP contribution in [0.4, 0.5) is 4.39 Å². The van der Waals surface area contributed by atoms with Gasteiger partial charge in [0.2, 0.25) is 0 Å². The van der Waals surface area contributed by atoms with Crippen molar-refractivity contribution < 1.29 is 4.39 Å². The van der Waals surface area contributed by atoms with Crippen molar-refractivity contribution in [2.24, 2.45) is 5.73 Å². The molecular weight excluding hydrogens is 339 g/mol. The van der Waals surface area contributed by atoms with Crippen LogP contribution in [0, 0.1) is 42.3 Å². The molecule has 1 aromatic heterocycles. The predicted octanol–water partition coefficient (Wildman–Crippen LogP) is 4.16. The fourth-order valence-corrected chi connectivity index (χ4v) is 3.34. The first-order valence-electron chi connectivity index (χ1n) is 8.57. The molecule has 0 bridgehead atoms. The molecular formula is C22H19FN4. The van der Waals surface area contributed by atoms with Crippen molar-refractivity contribution in [1.29, 1.82) is 10.5 Å². The van der Waals surface area contributed by atoms with Crippen molar-refractivity contribution >= 4 is 0 Å². The van der Waals surface area contributed by atoms with E-state index in [1.54, 1.807) is 6.07 Å². The normalized spacial score (nSPS) is 10.4. The third kappa shape index (κ3) is 3.33. The van der Waals surface area contributed by atoms with Crippen LogP contribution in [0.25, 0.3) is 11.1 Å². The van der Waals surface area contributed by atoms with E-state index in [1.807, 2.05) is 44.2 Å². The van der Waals surface area contributed by atoms with Crippen molar-refractivity contribution in [3.05, 3.63) is 81.9 Å². The standard InChI is InChI=1S/C22H19FN4/c1-14-20(12-26)22(18-7-8-19(11-25)21(23)9-18)15(2)27(14)13-17-5-3-16(10-24)4-6-17/h3-9H,10,13,24H2,1-2H3. The summed E-state index contributed by atoms with van der Waals surface area (Å²) < 4.78 is 16.2. The summed E-state index contributed by atoms with van der Waals surface area (Å²) in [4.78, 5) is 0. The van der Waals surface area contributed by atoms with Gasteiger partial charge in [-0.05, 0) is 42.7 Å². The molecule has 2 N–H and O–H groups in total. The second kappa shape index (κ2) is 7.45. The highest BCUT2D eigenvalue weighted by Crippen LogP contribution is 2.33. The van der Waals surface area contributed by atoms with E-state index in [0.717, 1.165) is 22.5 Å². The van der Waals surface area contributed by atoms with Gasteiger partial charge in [-0.25, -0.2) is 4.39 Å². The SMILES string of the molecule is Cc1c(C#N)c(-c2ccc(C#N)c(F)c2)c(C)n1Cc1ccc(CN)cc1. The van der Waals surface area contributed by atoms with Crippen LogP contribution < -0.4 is 5.73 Å². The number of hydrogen-bond donors (Lipinski definition) is 1. The highest BCUT2D eigenvalue weighted by Gasteiger charge is 2.20. The van der Waals surface area contributed by atoms with Crippen LogP contribution in [0.15, 0.2) is 42.5 Å². The first-order chi connectivity index (χ1) is 13.0. The number of aromatic nitrogens is 1. The second-order valence-corrected chi connectivity index (χ2v) is 6.45. The lowest BCUT2D eigenvalue weighted by atomic mass is 10.00. The lowest BCUT2D eigenvalue weighted by Gasteiger charge is -2.11. The van der Waals surface area contributed by atoms with Crippen LogP contribution in [-0.4, -0.2) is 4.57 Å². The Hall–Kier alpha value is -3.41. The van der Waals surface area contributed by atoms with Crippen LogP contribution in [0.3, 0.4) is 0 Å². The van der Waals surface area contributed by atoms with E-state index in [-0.39, 0.29) is 5.56 Å². The van der Waals surface area contributed by atoms with Crippen molar-refractivity contribution in [3.8, 4) is 23.3 Å². The Bertz CT molecular complexity index is 1080. The largest absolute Gasteiger partial charge is 0.343 e. The minimum Gasteiger partial charge on any atom is -0.343 e. The van der Waals surface area contributed by atoms with E-state index in [9.17, 15) is 9.65 Å². The first kappa shape index (κ1) is 18.4. The summed E-state index contributed by atoms with van der Waals surface area (Å²) in [5.41, 5.74) is 11.3. The van der Waals surface area contributed by atoms with Crippen molar-refractivity contribution in [1.82, 2.24) is 4.57 Å². The molecule has 0 unspecified atom stereocenters. The monoisotopic (exact) mass is 358 g/mol. The summed E-state index contributed by atoms with van der Waals surface area (Å²) >= 11 is 0. The maximum atomic E-state index is 14.1. The van der Waals surface area contributed by atoms with Crippen molar-refractivity contribution in [2.75, 3.05) is 0 Å². The molecule has 0 aliphatic carbocycles. The van der Waals surface area contributed by atoms with Gasteiger partial charge < -0.3 is 10.3 Å². The number of rotatable bonds is 4. The van der Waals surface area contributed by atoms with Crippen LogP contribution in [0.5, 0.6) is 0 Å². The van der Waals surface area contributed by atoms with Gasteiger partial charge in [-0.15, -0.1) is 0 Å². The summed E-state index contributed by atoms with van der Waals surface area (Å²) in [6.07, 6.45) is 0. The van der Waals surface area contributed by atoms with E-state index >= 15 is 0 Å². The van der Waals surface area contributed by atoms with E-state index < -0.39 is 5.82 Å². The minimum absolute atomic E-state index is 0.00828. The number of nitrogens with zero attached hydrogens (tertiary/aromatic N) is 3. The number of halogens is 1. The molecule has 0 spiro atoms. The number of nitrogens with two attached hydrogens (primary N) is 1. The average Bonchev–Trinajstić information content (AvgIpc) is 2.92. The molecule has 134 valence electrons. The van der Waals surface area contributed by atoms with E-state index in [4.69, 9.17) is 11.0 Å². The molecule has 4 nitrogen and oxygen atoms in total. The Morgan fingerprint density at radius 2 is 1.63 bits per heavy atom. The molecule has 0 saturated carbocycles. The van der Waals surface area contributed by atoms with Gasteiger partial charge in [0.25, 0.3) is 0 Å². The van der Waals surface area contributed by atoms with Gasteiger partial charge in [0.05, 0.1) is 11.1 Å². The molecule has 1 heterocycles. The zero-order valence-corrected chi connectivity index (χ0v) is 15.3. The van der Waals surface area contributed by atoms with Gasteiger partial charge in [0.1, 0.15) is 18.0 Å². The molecule has 0 fully saturated rings. The smallest absolute Gasteiger partial charge is 0.141 e. The summed E-state index contributed by atoms with van der Waals surface area (Å²) in [5, 5.41) is 18.6. The number of nitriles is 2. The fraction of sp³-hybridized carbons (Fsp3) is 0.182. The van der Waals surface area contributed by atoms with Gasteiger partial charge in [-0.1, -0.05) is 30.3 Å². The lowest BCUT2D eigenvalue weighted by molar-refractivity contribution is 0.624. The van der Waals surface area contributed by atoms with Crippen molar-refractivity contribution in [3.63, 3.8) is 0 Å². The maximum absolute atomic E-state index is 14.1.